The van der Waals surface area contributed by atoms with Crippen LogP contribution < -0.4 is 9.47 Å². The highest BCUT2D eigenvalue weighted by molar-refractivity contribution is 7.98. The molecule has 7 aromatic rings. The molecule has 12 heteroatoms. The fraction of sp³-hybridized carbons (Fsp3) is 0.338. The minimum absolute atomic E-state index is 0.0572. The summed E-state index contributed by atoms with van der Waals surface area (Å²) >= 11 is 1.74. The topological polar surface area (TPSA) is 89.1 Å². The summed E-state index contributed by atoms with van der Waals surface area (Å²) in [5.74, 6) is 2.47. The predicted octanol–water partition coefficient (Wildman–Crippen LogP) is 11.8. The Morgan fingerprint density at radius 3 is 1.24 bits per heavy atom. The van der Waals surface area contributed by atoms with Crippen LogP contribution in [0, 0.1) is 34.6 Å². The second-order valence-corrected chi connectivity index (χ2v) is 22.2. The first-order valence-corrected chi connectivity index (χ1v) is 29.1. The zero-order valence-electron chi connectivity index (χ0n) is 48.0. The number of hydrogen-bond donors (Lipinski definition) is 0. The molecule has 0 bridgehead atoms. The smallest absolute Gasteiger partial charge is 0.257 e. The molecule has 0 saturated carbocycles. The molecule has 80 heavy (non-hydrogen) atoms. The average molecular weight is 1090 g/mol. The average Bonchev–Trinajstić information content (AvgIpc) is 3.51. The fourth-order valence-electron chi connectivity index (χ4n) is 10.2. The van der Waals surface area contributed by atoms with Gasteiger partial charge in [0.1, 0.15) is 24.7 Å². The Hall–Kier alpha value is -7.22. The molecule has 3 fully saturated rings. The zero-order valence-corrected chi connectivity index (χ0v) is 48.9. The number of para-hydroxylation sites is 2. The van der Waals surface area contributed by atoms with Gasteiger partial charge in [-0.3, -0.25) is 19.3 Å². The third-order valence-electron chi connectivity index (χ3n) is 15.8. The first-order chi connectivity index (χ1) is 38.8. The minimum Gasteiger partial charge on any atom is -0.488 e. The van der Waals surface area contributed by atoms with E-state index in [0.717, 1.165) is 107 Å². The highest BCUT2D eigenvalue weighted by Gasteiger charge is 2.26. The SMILES string of the molecule is CN1CCN(C(=O)c2ccccc2OCc2ccccc2)CC1.Cc1c(C)c(C)c(COc2ccccc2C(=O)N2CCN(C)CC2)c(C)c1C.O=C(c1ccccc1SCc1ccccc1)N1CCN(Cc2ccccc2)CC1. The summed E-state index contributed by atoms with van der Waals surface area (Å²) in [6.45, 7) is 22.8. The van der Waals surface area contributed by atoms with Gasteiger partial charge in [0, 0.05) is 95.7 Å². The van der Waals surface area contributed by atoms with Gasteiger partial charge in [-0.1, -0.05) is 127 Å². The lowest BCUT2D eigenvalue weighted by molar-refractivity contribution is 0.0623. The Balaban J connectivity index is 0.000000159. The summed E-state index contributed by atoms with van der Waals surface area (Å²) in [5, 5.41) is 0. The lowest BCUT2D eigenvalue weighted by Gasteiger charge is -2.35. The fourth-order valence-corrected chi connectivity index (χ4v) is 11.2. The number of ether oxygens (including phenoxy) is 2. The van der Waals surface area contributed by atoms with E-state index in [0.29, 0.717) is 35.8 Å². The quantitative estimate of drug-likeness (QED) is 0.0988. The molecule has 3 saturated heterocycles. The maximum Gasteiger partial charge on any atom is 0.257 e. The van der Waals surface area contributed by atoms with Crippen molar-refractivity contribution in [2.45, 2.75) is 65.0 Å². The molecule has 3 aliphatic rings. The molecule has 3 heterocycles. The molecular formula is C68H80N6O5S. The van der Waals surface area contributed by atoms with Crippen molar-refractivity contribution in [2.24, 2.45) is 0 Å². The van der Waals surface area contributed by atoms with Gasteiger partial charge in [-0.15, -0.1) is 11.8 Å². The van der Waals surface area contributed by atoms with Gasteiger partial charge in [0.15, 0.2) is 0 Å². The Labute approximate surface area is 480 Å². The number of likely N-dealkylation sites (N-methyl/N-ethyl adjacent to an activating group) is 2. The molecule has 0 radical (unpaired) electrons. The predicted molar refractivity (Wildman–Crippen MR) is 325 cm³/mol. The Kier molecular flexibility index (Phi) is 21.6. The van der Waals surface area contributed by atoms with Gasteiger partial charge in [-0.05, 0) is 135 Å². The van der Waals surface area contributed by atoms with E-state index in [-0.39, 0.29) is 17.7 Å². The lowest BCUT2D eigenvalue weighted by Crippen LogP contribution is -2.48. The van der Waals surface area contributed by atoms with E-state index in [1.54, 1.807) is 11.8 Å². The number of rotatable bonds is 14. The number of thioether (sulfide) groups is 1. The number of nitrogens with zero attached hydrogens (tertiary/aromatic N) is 6. The molecule has 0 spiro atoms. The minimum atomic E-state index is 0.0572. The molecule has 0 aromatic heterocycles. The highest BCUT2D eigenvalue weighted by Crippen LogP contribution is 2.30. The van der Waals surface area contributed by atoms with Gasteiger partial charge in [0.05, 0.1) is 16.7 Å². The van der Waals surface area contributed by atoms with Crippen LogP contribution in [0.15, 0.2) is 169 Å². The van der Waals surface area contributed by atoms with Crippen molar-refractivity contribution in [1.82, 2.24) is 29.4 Å². The van der Waals surface area contributed by atoms with E-state index in [4.69, 9.17) is 9.47 Å². The van der Waals surface area contributed by atoms with Crippen molar-refractivity contribution in [3.8, 4) is 11.5 Å². The first-order valence-electron chi connectivity index (χ1n) is 28.1. The molecule has 7 aromatic carbocycles. The molecule has 0 aliphatic carbocycles. The van der Waals surface area contributed by atoms with Gasteiger partial charge in [-0.2, -0.15) is 0 Å². The van der Waals surface area contributed by atoms with E-state index in [9.17, 15) is 14.4 Å². The molecule has 10 rings (SSSR count). The van der Waals surface area contributed by atoms with Crippen LogP contribution in [0.2, 0.25) is 0 Å². The molecule has 3 amide bonds. The van der Waals surface area contributed by atoms with Gasteiger partial charge in [0.25, 0.3) is 17.7 Å². The van der Waals surface area contributed by atoms with Crippen molar-refractivity contribution in [2.75, 3.05) is 92.6 Å². The third kappa shape index (κ3) is 16.0. The van der Waals surface area contributed by atoms with Crippen molar-refractivity contribution >= 4 is 29.5 Å². The molecule has 11 nitrogen and oxygen atoms in total. The third-order valence-corrected chi connectivity index (χ3v) is 17.0. The van der Waals surface area contributed by atoms with E-state index in [2.05, 4.69) is 118 Å². The number of carbonyl (C=O) groups excluding carboxylic acids is 3. The van der Waals surface area contributed by atoms with E-state index >= 15 is 0 Å². The second kappa shape index (κ2) is 29.3. The molecule has 0 N–H and O–H groups in total. The molecule has 3 aliphatic heterocycles. The van der Waals surface area contributed by atoms with E-state index in [1.807, 2.05) is 124 Å². The van der Waals surface area contributed by atoms with Crippen molar-refractivity contribution in [3.63, 3.8) is 0 Å². The summed E-state index contributed by atoms with van der Waals surface area (Å²) in [7, 11) is 4.17. The number of benzene rings is 7. The van der Waals surface area contributed by atoms with E-state index in [1.165, 1.54) is 44.5 Å². The summed E-state index contributed by atoms with van der Waals surface area (Å²) < 4.78 is 12.1. The Bertz CT molecular complexity index is 3090. The van der Waals surface area contributed by atoms with Crippen LogP contribution >= 0.6 is 11.8 Å². The Morgan fingerprint density at radius 2 is 0.750 bits per heavy atom. The highest BCUT2D eigenvalue weighted by atomic mass is 32.2. The molecule has 418 valence electrons. The standard InChI is InChI=1S/C25H26N2OS.C24H32N2O2.C19H22N2O2/c28-25(27-17-15-26(16-18-27)19-21-9-3-1-4-10-21)23-13-7-8-14-24(23)29-20-22-11-5-2-6-12-22;1-16-17(2)19(4)22(20(5)18(16)3)15-28-23-10-8-7-9-21(23)24(27)26-13-11-25(6)12-14-26;1-20-11-13-21(14-12-20)19(22)17-9-5-6-10-18(17)23-15-16-7-3-2-4-8-16/h1-14H,15-20H2;7-10H,11-15H2,1-6H3;2-10H,11-15H2,1H3. The van der Waals surface area contributed by atoms with Crippen LogP contribution in [-0.4, -0.2) is 140 Å². The van der Waals surface area contributed by atoms with Gasteiger partial charge < -0.3 is 34.0 Å². The van der Waals surface area contributed by atoms with Crippen LogP contribution in [0.1, 0.15) is 81.1 Å². The van der Waals surface area contributed by atoms with Crippen LogP contribution in [0.25, 0.3) is 0 Å². The number of piperazine rings is 3. The summed E-state index contributed by atoms with van der Waals surface area (Å²) in [6, 6.07) is 54.1. The van der Waals surface area contributed by atoms with Crippen molar-refractivity contribution in [1.29, 1.82) is 0 Å². The summed E-state index contributed by atoms with van der Waals surface area (Å²) in [5.41, 5.74) is 13.6. The second-order valence-electron chi connectivity index (χ2n) is 21.2. The maximum absolute atomic E-state index is 13.2. The van der Waals surface area contributed by atoms with Crippen molar-refractivity contribution in [3.05, 3.63) is 231 Å². The normalized spacial score (nSPS) is 15.0. The summed E-state index contributed by atoms with van der Waals surface area (Å²) in [6.07, 6.45) is 0. The molecular weight excluding hydrogens is 1010 g/mol. The van der Waals surface area contributed by atoms with Crippen LogP contribution in [0.3, 0.4) is 0 Å². The van der Waals surface area contributed by atoms with Crippen LogP contribution in [-0.2, 0) is 25.5 Å². The molecule has 0 atom stereocenters. The lowest BCUT2D eigenvalue weighted by atomic mass is 9.90. The van der Waals surface area contributed by atoms with Crippen molar-refractivity contribution < 1.29 is 23.9 Å². The Morgan fingerprint density at radius 1 is 0.388 bits per heavy atom. The molecule has 0 unspecified atom stereocenters. The first kappa shape index (κ1) is 58.9. The van der Waals surface area contributed by atoms with E-state index < -0.39 is 0 Å². The van der Waals surface area contributed by atoms with Crippen LogP contribution in [0.4, 0.5) is 0 Å². The van der Waals surface area contributed by atoms with Crippen LogP contribution in [0.5, 0.6) is 11.5 Å². The zero-order chi connectivity index (χ0) is 56.4. The van der Waals surface area contributed by atoms with Gasteiger partial charge >= 0.3 is 0 Å². The maximum atomic E-state index is 13.2. The number of hydrogen-bond acceptors (Lipinski definition) is 9. The van der Waals surface area contributed by atoms with Gasteiger partial charge in [-0.25, -0.2) is 0 Å². The monoisotopic (exact) mass is 1090 g/mol. The largest absolute Gasteiger partial charge is 0.488 e. The number of carbonyl (C=O) groups is 3. The number of amides is 3. The van der Waals surface area contributed by atoms with Gasteiger partial charge in [0.2, 0.25) is 0 Å². The summed E-state index contributed by atoms with van der Waals surface area (Å²) in [4.78, 5) is 52.8.